The zero-order valence-electron chi connectivity index (χ0n) is 78.9. The molecule has 8 fully saturated rings. The minimum atomic E-state index is -2.47. The van der Waals surface area contributed by atoms with Gasteiger partial charge in [0.2, 0.25) is 0 Å². The molecule has 0 saturated carbocycles. The van der Waals surface area contributed by atoms with E-state index in [2.05, 4.69) is 136 Å². The van der Waals surface area contributed by atoms with Gasteiger partial charge in [0.15, 0.2) is 58.2 Å². The molecule has 1 aromatic carbocycles. The smallest absolute Gasteiger partial charge is 0.181 e. The van der Waals surface area contributed by atoms with Crippen molar-refractivity contribution < 1.29 is 63.7 Å². The predicted octanol–water partition coefficient (Wildman–Crippen LogP) is 12.7. The topological polar surface area (TPSA) is 443 Å². The minimum absolute atomic E-state index is 0.0794. The molecule has 0 bridgehead atoms. The molecular formula is C89H116Cl3N25O14S5. The second-order valence-corrected chi connectivity index (χ2v) is 48.6. The maximum absolute atomic E-state index is 13.1. The number of ether oxygens (including phenoxy) is 9. The highest BCUT2D eigenvalue weighted by molar-refractivity contribution is 7.94. The normalized spacial score (nSPS) is 20.7. The van der Waals surface area contributed by atoms with E-state index in [1.807, 2.05) is 63.2 Å². The third-order valence-electron chi connectivity index (χ3n) is 22.5. The van der Waals surface area contributed by atoms with Crippen LogP contribution in [0.2, 0.25) is 15.5 Å². The monoisotopic (exact) mass is 2020 g/mol. The number of anilines is 5. The first kappa shape index (κ1) is 102. The molecule has 9 aromatic heterocycles. The molecule has 18 rings (SSSR count). The highest BCUT2D eigenvalue weighted by Gasteiger charge is 2.34. The molecule has 0 radical (unpaired) electrons. The number of aromatic nitrogens is 15. The van der Waals surface area contributed by atoms with E-state index >= 15 is 0 Å². The molecule has 1 unspecified atom stereocenters. The molecule has 8 atom stereocenters. The third kappa shape index (κ3) is 27.7. The number of aryl methyl sites for hydroxylation is 3. The van der Waals surface area contributed by atoms with Gasteiger partial charge in [0.25, 0.3) is 0 Å². The van der Waals surface area contributed by atoms with Crippen LogP contribution < -0.4 is 29.2 Å². The van der Waals surface area contributed by atoms with Crippen molar-refractivity contribution in [2.24, 2.45) is 21.8 Å². The molecule has 732 valence electrons. The van der Waals surface area contributed by atoms with Gasteiger partial charge >= 0.3 is 0 Å². The van der Waals surface area contributed by atoms with Crippen LogP contribution in [0.4, 0.5) is 58.2 Å². The molecule has 0 amide bonds. The summed E-state index contributed by atoms with van der Waals surface area (Å²) in [6.07, 6.45) is 13.0. The summed E-state index contributed by atoms with van der Waals surface area (Å²) in [5.41, 5.74) is 6.07. The number of methoxy groups -OCH3 is 1. The van der Waals surface area contributed by atoms with Crippen LogP contribution in [0.25, 0.3) is 57.1 Å². The van der Waals surface area contributed by atoms with Crippen LogP contribution in [-0.4, -0.2) is 331 Å². The summed E-state index contributed by atoms with van der Waals surface area (Å²) in [7, 11) is -10.4. The van der Waals surface area contributed by atoms with Crippen LogP contribution in [0.15, 0.2) is 125 Å². The van der Waals surface area contributed by atoms with Crippen LogP contribution >= 0.6 is 34.8 Å². The average molecular weight is 2030 g/mol. The molecule has 8 saturated heterocycles. The Morgan fingerprint density at radius 2 is 0.618 bits per heavy atom. The molecule has 47 heteroatoms. The average Bonchev–Trinajstić information content (AvgIpc) is 0.903. The van der Waals surface area contributed by atoms with Crippen LogP contribution in [-0.2, 0) is 86.5 Å². The number of hydrogen-bond acceptors (Lipinski definition) is 38. The number of H-pyrrole nitrogens is 1. The second kappa shape index (κ2) is 45.1. The molecule has 39 nitrogen and oxygen atoms in total. The zero-order chi connectivity index (χ0) is 97.0. The molecule has 8 aliphatic rings. The van der Waals surface area contributed by atoms with Gasteiger partial charge in [-0.25, -0.2) is 85.8 Å². The summed E-state index contributed by atoms with van der Waals surface area (Å²) in [6.45, 7) is 28.7. The van der Waals surface area contributed by atoms with Gasteiger partial charge in [0, 0.05) is 172 Å². The van der Waals surface area contributed by atoms with E-state index in [1.54, 1.807) is 112 Å². The van der Waals surface area contributed by atoms with Crippen molar-refractivity contribution in [2.75, 3.05) is 214 Å². The Morgan fingerprint density at radius 1 is 0.338 bits per heavy atom. The highest BCUT2D eigenvalue weighted by Crippen LogP contribution is 2.37. The highest BCUT2D eigenvalue weighted by atomic mass is 35.5. The summed E-state index contributed by atoms with van der Waals surface area (Å²) < 4.78 is 134. The van der Waals surface area contributed by atoms with Crippen molar-refractivity contribution in [1.82, 2.24) is 75.0 Å². The van der Waals surface area contributed by atoms with Crippen LogP contribution in [0, 0.1) is 20.8 Å². The predicted molar refractivity (Wildman–Crippen MR) is 533 cm³/mol. The van der Waals surface area contributed by atoms with Crippen molar-refractivity contribution in [2.45, 2.75) is 101 Å². The molecular weight excluding hydrogens is 1910 g/mol. The Bertz CT molecular complexity index is 6160. The molecule has 10 aromatic rings. The lowest BCUT2D eigenvalue weighted by Gasteiger charge is -2.34. The van der Waals surface area contributed by atoms with Crippen molar-refractivity contribution in [3.05, 3.63) is 136 Å². The molecule has 8 aliphatic heterocycles. The summed E-state index contributed by atoms with van der Waals surface area (Å²) in [6, 6.07) is 30.0. The summed E-state index contributed by atoms with van der Waals surface area (Å²) in [4.78, 5) is 69.7. The maximum Gasteiger partial charge on any atom is 0.181 e. The van der Waals surface area contributed by atoms with Crippen LogP contribution in [0.3, 0.4) is 0 Å². The van der Waals surface area contributed by atoms with E-state index in [1.165, 1.54) is 0 Å². The first-order valence-electron chi connectivity index (χ1n) is 44.2. The summed E-state index contributed by atoms with van der Waals surface area (Å²) in [5, 5.41) is 7.67. The summed E-state index contributed by atoms with van der Waals surface area (Å²) >= 11 is 18.4. The molecule has 17 heterocycles. The van der Waals surface area contributed by atoms with Gasteiger partial charge < -0.3 is 67.1 Å². The van der Waals surface area contributed by atoms with Gasteiger partial charge in [-0.1, -0.05) is 46.9 Å². The number of rotatable bonds is 19. The fraction of sp³-hybridized carbons (Fsp3) is 0.506. The van der Waals surface area contributed by atoms with E-state index in [0.717, 1.165) is 87.3 Å². The minimum Gasteiger partial charge on any atom is -0.497 e. The number of nitrogens with zero attached hydrogens (tertiary/aromatic N) is 24. The quantitative estimate of drug-likeness (QED) is 0.0735. The van der Waals surface area contributed by atoms with E-state index in [9.17, 15) is 21.0 Å². The Morgan fingerprint density at radius 3 is 0.868 bits per heavy atom. The molecule has 1 N–H and O–H groups in total. The van der Waals surface area contributed by atoms with Crippen LogP contribution in [0.5, 0.6) is 5.75 Å². The first-order chi connectivity index (χ1) is 64.7. The van der Waals surface area contributed by atoms with Crippen molar-refractivity contribution in [3.63, 3.8) is 0 Å². The van der Waals surface area contributed by atoms with Gasteiger partial charge in [-0.15, -0.1) is 0 Å². The third-order valence-corrected chi connectivity index (χ3v) is 30.6. The number of nitrogens with one attached hydrogen (secondary N) is 1. The molecule has 136 heavy (non-hydrogen) atoms. The van der Waals surface area contributed by atoms with Gasteiger partial charge in [-0.05, 0) is 110 Å². The molecule has 0 spiro atoms. The zero-order valence-corrected chi connectivity index (χ0v) is 85.3. The van der Waals surface area contributed by atoms with Crippen molar-refractivity contribution >= 4 is 142 Å². The Hall–Kier alpha value is -9.62. The maximum atomic E-state index is 13.1. The summed E-state index contributed by atoms with van der Waals surface area (Å²) in [5.74, 6) is 8.91. The SMILES string of the molecule is COc1cccc(-c2nc(N=S(C)(C)=O)cc(N3CCOC[C@H]3C)n2)c1.C[C@@H]1COCCN1c1cc(N=S(C)(C)=O)nc(-c2ccn[nH]2)n1.Cc1cc(-c2nc(N=S(C)(=O)C3COC3)cc(N3CCOC[C@H]3C)n2)cc(Cl)n1.Cc1cc(-c2nc(N=[S@@](C)(=O)C3COC3)cc(N3CCOC[C@H]3C)n2)cc(Cl)n1.Cc1cc(-c2nc(N=[S@](C)(=O)C3COC3)cc(N3CCOC[C@H]3C)n2)cc(Cl)n1. The number of halogens is 3. The fourth-order valence-electron chi connectivity index (χ4n) is 15.1. The lowest BCUT2D eigenvalue weighted by Crippen LogP contribution is -2.44. The molecule has 0 aliphatic carbocycles. The number of pyridine rings is 3. The van der Waals surface area contributed by atoms with Gasteiger partial charge in [-0.3, -0.25) is 5.10 Å². The Labute approximate surface area is 810 Å². The van der Waals surface area contributed by atoms with Gasteiger partial charge in [-0.2, -0.15) is 26.9 Å². The lowest BCUT2D eigenvalue weighted by molar-refractivity contribution is 0.0430. The Kier molecular flexibility index (Phi) is 33.9. The number of morpholine rings is 5. The number of hydrogen-bond donors (Lipinski definition) is 1. The van der Waals surface area contributed by atoms with Crippen molar-refractivity contribution in [1.29, 1.82) is 0 Å². The fourth-order valence-corrected chi connectivity index (χ4v) is 20.9. The van der Waals surface area contributed by atoms with Gasteiger partial charge in [0.1, 0.15) is 56.0 Å². The van der Waals surface area contributed by atoms with E-state index < -0.39 is 48.6 Å². The lowest BCUT2D eigenvalue weighted by atomic mass is 10.2. The standard InChI is InChI=1S/3C19H24ClN5O3S.C18H24N4O3S.C14H20N6O2S/c3*1-12-6-14(7-16(20)21-12)19-22-17(24-29(3,26)15-10-28-11-15)8-18(23-19)25-4-5-27-9-13(25)2;1-13-12-25-9-8-22(13)17-11-16(21-26(3,4)23)19-18(20-17)14-6-5-7-15(10-14)24-2;1-10-9-22-7-6-20(10)13-8-12(19-23(2,3)21)16-14(17-13)11-4-5-15-18-11/h3*6-8,13,15H,4-5,9-11H2,1-3H3;5-7,10-11,13H,8-9,12H2,1-4H3;4-5,8,10H,6-7,9H2,1-3H3,(H,15,18)/t13-,29?;13-,29+;13-,29-;13-;10-/m11111/s1. The Balaban J connectivity index is 0.000000136. The van der Waals surface area contributed by atoms with E-state index in [-0.39, 0.29) is 46.0 Å². The van der Waals surface area contributed by atoms with E-state index in [0.29, 0.717) is 205 Å². The van der Waals surface area contributed by atoms with Crippen molar-refractivity contribution in [3.8, 4) is 62.8 Å². The second-order valence-electron chi connectivity index (χ2n) is 34.7. The van der Waals surface area contributed by atoms with Crippen LogP contribution in [0.1, 0.15) is 51.7 Å². The number of benzene rings is 1. The number of aromatic amines is 1. The van der Waals surface area contributed by atoms with E-state index in [4.69, 9.17) is 97.4 Å². The van der Waals surface area contributed by atoms with Gasteiger partial charge in [0.05, 0.1) is 188 Å². The first-order valence-corrected chi connectivity index (χ1v) is 55.9. The largest absolute Gasteiger partial charge is 0.497 e.